The molecule has 0 radical (unpaired) electrons. The van der Waals surface area contributed by atoms with Gasteiger partial charge in [0.15, 0.2) is 0 Å². The summed E-state index contributed by atoms with van der Waals surface area (Å²) in [5.74, 6) is 1.77. The van der Waals surface area contributed by atoms with Gasteiger partial charge in [0.25, 0.3) is 0 Å². The van der Waals surface area contributed by atoms with Crippen molar-refractivity contribution >= 4 is 0 Å². The summed E-state index contributed by atoms with van der Waals surface area (Å²) in [6, 6.07) is 0. The molecule has 124 valence electrons. The zero-order valence-electron chi connectivity index (χ0n) is 14.8. The van der Waals surface area contributed by atoms with Crippen LogP contribution in [-0.4, -0.2) is 24.3 Å². The number of rotatable bonds is 6. The minimum atomic E-state index is 0.113. The smallest absolute Gasteiger partial charge is 0.0806 e. The lowest BCUT2D eigenvalue weighted by molar-refractivity contribution is -0.0907. The van der Waals surface area contributed by atoms with Crippen LogP contribution in [0.1, 0.15) is 85.5 Å². The Kier molecular flexibility index (Phi) is 6.14. The van der Waals surface area contributed by atoms with E-state index in [0.717, 1.165) is 25.0 Å². The monoisotopic (exact) mass is 295 g/mol. The Bertz CT molecular complexity index is 293. The summed E-state index contributed by atoms with van der Waals surface area (Å²) >= 11 is 0. The standard InChI is InChI=1S/C19H37NO/c1-5-16-10-12-19(13-11-16,15-20-18(2,3)4)21-14-17-8-6-7-9-17/h16-17,20H,5-15H2,1-4H3. The Morgan fingerprint density at radius 1 is 1.00 bits per heavy atom. The van der Waals surface area contributed by atoms with Crippen molar-refractivity contribution in [2.24, 2.45) is 11.8 Å². The van der Waals surface area contributed by atoms with Crippen LogP contribution in [0.15, 0.2) is 0 Å². The summed E-state index contributed by atoms with van der Waals surface area (Å²) in [5, 5.41) is 3.72. The zero-order valence-corrected chi connectivity index (χ0v) is 14.8. The molecule has 0 heterocycles. The van der Waals surface area contributed by atoms with Gasteiger partial charge >= 0.3 is 0 Å². The molecule has 0 aromatic rings. The predicted octanol–water partition coefficient (Wildman–Crippen LogP) is 4.92. The normalized spacial score (nSPS) is 31.7. The third-order valence-electron chi connectivity index (χ3n) is 5.63. The molecule has 2 rings (SSSR count). The van der Waals surface area contributed by atoms with Gasteiger partial charge in [-0.2, -0.15) is 0 Å². The fraction of sp³-hybridized carbons (Fsp3) is 1.00. The molecule has 0 saturated heterocycles. The Morgan fingerprint density at radius 2 is 1.62 bits per heavy atom. The van der Waals surface area contributed by atoms with Crippen molar-refractivity contribution in [3.05, 3.63) is 0 Å². The van der Waals surface area contributed by atoms with E-state index in [9.17, 15) is 0 Å². The Morgan fingerprint density at radius 3 is 2.14 bits per heavy atom. The summed E-state index contributed by atoms with van der Waals surface area (Å²) in [6.07, 6.45) is 12.2. The van der Waals surface area contributed by atoms with Gasteiger partial charge in [-0.3, -0.25) is 0 Å². The first kappa shape index (κ1) is 17.3. The van der Waals surface area contributed by atoms with E-state index < -0.39 is 0 Å². The van der Waals surface area contributed by atoms with Gasteiger partial charge in [-0.05, 0) is 71.1 Å². The highest BCUT2D eigenvalue weighted by atomic mass is 16.5. The van der Waals surface area contributed by atoms with Gasteiger partial charge in [0, 0.05) is 12.1 Å². The largest absolute Gasteiger partial charge is 0.373 e. The molecule has 0 bridgehead atoms. The second-order valence-electron chi connectivity index (χ2n) is 8.60. The van der Waals surface area contributed by atoms with Crippen LogP contribution in [0.4, 0.5) is 0 Å². The van der Waals surface area contributed by atoms with Gasteiger partial charge in [0.05, 0.1) is 12.2 Å². The van der Waals surface area contributed by atoms with Crippen LogP contribution >= 0.6 is 0 Å². The molecule has 2 aliphatic carbocycles. The molecule has 0 unspecified atom stereocenters. The Balaban J connectivity index is 1.89. The van der Waals surface area contributed by atoms with Crippen LogP contribution in [0.5, 0.6) is 0 Å². The molecule has 0 aliphatic heterocycles. The van der Waals surface area contributed by atoms with Crippen molar-refractivity contribution in [1.29, 1.82) is 0 Å². The lowest BCUT2D eigenvalue weighted by atomic mass is 9.77. The number of hydrogen-bond acceptors (Lipinski definition) is 2. The molecule has 21 heavy (non-hydrogen) atoms. The van der Waals surface area contributed by atoms with Gasteiger partial charge in [0.1, 0.15) is 0 Å². The average Bonchev–Trinajstić information content (AvgIpc) is 2.97. The van der Waals surface area contributed by atoms with Crippen molar-refractivity contribution in [2.75, 3.05) is 13.2 Å². The molecule has 2 nitrogen and oxygen atoms in total. The number of hydrogen-bond donors (Lipinski definition) is 1. The van der Waals surface area contributed by atoms with E-state index in [1.54, 1.807) is 0 Å². The fourth-order valence-electron chi connectivity index (χ4n) is 3.88. The van der Waals surface area contributed by atoms with E-state index in [0.29, 0.717) is 0 Å². The predicted molar refractivity (Wildman–Crippen MR) is 90.6 cm³/mol. The molecule has 2 heteroatoms. The summed E-state index contributed by atoms with van der Waals surface area (Å²) < 4.78 is 6.58. The molecule has 2 saturated carbocycles. The van der Waals surface area contributed by atoms with Crippen molar-refractivity contribution in [3.8, 4) is 0 Å². The minimum absolute atomic E-state index is 0.113. The minimum Gasteiger partial charge on any atom is -0.373 e. The van der Waals surface area contributed by atoms with E-state index in [1.165, 1.54) is 57.8 Å². The van der Waals surface area contributed by atoms with Gasteiger partial charge in [0.2, 0.25) is 0 Å². The fourth-order valence-corrected chi connectivity index (χ4v) is 3.88. The SMILES string of the molecule is CCC1CCC(CNC(C)(C)C)(OCC2CCCC2)CC1. The lowest BCUT2D eigenvalue weighted by Crippen LogP contribution is -2.51. The summed E-state index contributed by atoms with van der Waals surface area (Å²) in [4.78, 5) is 0. The average molecular weight is 296 g/mol. The maximum atomic E-state index is 6.58. The lowest BCUT2D eigenvalue weighted by Gasteiger charge is -2.42. The van der Waals surface area contributed by atoms with Gasteiger partial charge < -0.3 is 10.1 Å². The highest BCUT2D eigenvalue weighted by molar-refractivity contribution is 4.91. The number of nitrogens with one attached hydrogen (secondary N) is 1. The molecule has 0 atom stereocenters. The van der Waals surface area contributed by atoms with Gasteiger partial charge in [-0.15, -0.1) is 0 Å². The Hall–Kier alpha value is -0.0800. The molecular weight excluding hydrogens is 258 g/mol. The second-order valence-corrected chi connectivity index (χ2v) is 8.60. The second kappa shape index (κ2) is 7.46. The van der Waals surface area contributed by atoms with E-state index in [4.69, 9.17) is 4.74 Å². The molecule has 1 N–H and O–H groups in total. The number of ether oxygens (including phenoxy) is 1. The quantitative estimate of drug-likeness (QED) is 0.751. The van der Waals surface area contributed by atoms with Crippen LogP contribution in [0.2, 0.25) is 0 Å². The molecule has 0 aromatic heterocycles. The van der Waals surface area contributed by atoms with Crippen LogP contribution in [0, 0.1) is 11.8 Å². The molecule has 2 aliphatic rings. The van der Waals surface area contributed by atoms with E-state index in [1.807, 2.05) is 0 Å². The van der Waals surface area contributed by atoms with Crippen LogP contribution in [-0.2, 0) is 4.74 Å². The topological polar surface area (TPSA) is 21.3 Å². The molecule has 0 spiro atoms. The maximum absolute atomic E-state index is 6.58. The zero-order chi connectivity index (χ0) is 15.3. The first-order valence-corrected chi connectivity index (χ1v) is 9.31. The Labute approximate surface area is 132 Å². The van der Waals surface area contributed by atoms with E-state index in [-0.39, 0.29) is 11.1 Å². The third-order valence-corrected chi connectivity index (χ3v) is 5.63. The van der Waals surface area contributed by atoms with Crippen molar-refractivity contribution < 1.29 is 4.74 Å². The van der Waals surface area contributed by atoms with Crippen molar-refractivity contribution in [2.45, 2.75) is 96.6 Å². The molecule has 0 aromatic carbocycles. The highest BCUT2D eigenvalue weighted by Gasteiger charge is 2.37. The van der Waals surface area contributed by atoms with Crippen LogP contribution < -0.4 is 5.32 Å². The van der Waals surface area contributed by atoms with Crippen LogP contribution in [0.3, 0.4) is 0 Å². The maximum Gasteiger partial charge on any atom is 0.0806 e. The van der Waals surface area contributed by atoms with Crippen molar-refractivity contribution in [3.63, 3.8) is 0 Å². The van der Waals surface area contributed by atoms with Crippen LogP contribution in [0.25, 0.3) is 0 Å². The highest BCUT2D eigenvalue weighted by Crippen LogP contribution is 2.37. The van der Waals surface area contributed by atoms with E-state index in [2.05, 4.69) is 33.0 Å². The molecule has 0 amide bonds. The first-order chi connectivity index (χ1) is 9.92. The molecular formula is C19H37NO. The summed E-state index contributed by atoms with van der Waals surface area (Å²) in [7, 11) is 0. The molecule has 2 fully saturated rings. The van der Waals surface area contributed by atoms with Crippen molar-refractivity contribution in [1.82, 2.24) is 5.32 Å². The van der Waals surface area contributed by atoms with Gasteiger partial charge in [-0.25, -0.2) is 0 Å². The third kappa shape index (κ3) is 5.56. The summed E-state index contributed by atoms with van der Waals surface area (Å²) in [5.41, 5.74) is 0.298. The van der Waals surface area contributed by atoms with E-state index >= 15 is 0 Å². The summed E-state index contributed by atoms with van der Waals surface area (Å²) in [6.45, 7) is 11.1. The van der Waals surface area contributed by atoms with Gasteiger partial charge in [-0.1, -0.05) is 26.2 Å². The first-order valence-electron chi connectivity index (χ1n) is 9.31.